The van der Waals surface area contributed by atoms with Gasteiger partial charge in [-0.15, -0.1) is 21.8 Å². The Kier molecular flexibility index (Phi) is 2.18. The lowest BCUT2D eigenvalue weighted by molar-refractivity contribution is 0.174. The SMILES string of the molecule is ClCc1nnc(-c2ccc3c(c2)OCO3)o1. The molecule has 2 aromatic rings. The molecule has 1 aromatic heterocycles. The highest BCUT2D eigenvalue weighted by atomic mass is 35.5. The summed E-state index contributed by atoms with van der Waals surface area (Å²) in [7, 11) is 0. The third-order valence-electron chi connectivity index (χ3n) is 2.20. The number of nitrogens with zero attached hydrogens (tertiary/aromatic N) is 2. The zero-order valence-corrected chi connectivity index (χ0v) is 8.90. The van der Waals surface area contributed by atoms with Gasteiger partial charge in [-0.1, -0.05) is 0 Å². The predicted octanol–water partition coefficient (Wildman–Crippen LogP) is 2.20. The maximum atomic E-state index is 5.58. The fraction of sp³-hybridized carbons (Fsp3) is 0.200. The number of halogens is 1. The molecular formula is C10H7ClN2O3. The first-order chi connectivity index (χ1) is 7.86. The van der Waals surface area contributed by atoms with Crippen molar-refractivity contribution in [3.8, 4) is 23.0 Å². The van der Waals surface area contributed by atoms with Crippen LogP contribution >= 0.6 is 11.6 Å². The van der Waals surface area contributed by atoms with E-state index in [-0.39, 0.29) is 12.7 Å². The average molecular weight is 239 g/mol. The van der Waals surface area contributed by atoms with Crippen molar-refractivity contribution in [2.75, 3.05) is 6.79 Å². The van der Waals surface area contributed by atoms with Gasteiger partial charge in [0.05, 0.1) is 0 Å². The summed E-state index contributed by atoms with van der Waals surface area (Å²) in [5.41, 5.74) is 0.785. The van der Waals surface area contributed by atoms with Gasteiger partial charge in [0.2, 0.25) is 18.6 Å². The summed E-state index contributed by atoms with van der Waals surface area (Å²) in [4.78, 5) is 0. The average Bonchev–Trinajstić information content (AvgIpc) is 2.96. The monoisotopic (exact) mass is 238 g/mol. The Morgan fingerprint density at radius 1 is 1.19 bits per heavy atom. The van der Waals surface area contributed by atoms with Crippen LogP contribution < -0.4 is 9.47 Å². The van der Waals surface area contributed by atoms with Crippen molar-refractivity contribution in [3.05, 3.63) is 24.1 Å². The van der Waals surface area contributed by atoms with E-state index in [1.165, 1.54) is 0 Å². The van der Waals surface area contributed by atoms with Gasteiger partial charge in [0, 0.05) is 5.56 Å². The van der Waals surface area contributed by atoms with Crippen LogP contribution in [0.25, 0.3) is 11.5 Å². The van der Waals surface area contributed by atoms with Gasteiger partial charge in [-0.2, -0.15) is 0 Å². The Hall–Kier alpha value is -1.75. The number of hydrogen-bond donors (Lipinski definition) is 0. The molecule has 0 fully saturated rings. The minimum absolute atomic E-state index is 0.206. The largest absolute Gasteiger partial charge is 0.454 e. The number of ether oxygens (including phenoxy) is 2. The van der Waals surface area contributed by atoms with Gasteiger partial charge in [-0.3, -0.25) is 0 Å². The van der Waals surface area contributed by atoms with E-state index < -0.39 is 0 Å². The van der Waals surface area contributed by atoms with Gasteiger partial charge < -0.3 is 13.9 Å². The van der Waals surface area contributed by atoms with Gasteiger partial charge >= 0.3 is 0 Å². The van der Waals surface area contributed by atoms with E-state index in [0.717, 1.165) is 11.3 Å². The third-order valence-corrected chi connectivity index (χ3v) is 2.43. The fourth-order valence-corrected chi connectivity index (χ4v) is 1.56. The number of alkyl halides is 1. The molecule has 1 aliphatic heterocycles. The van der Waals surface area contributed by atoms with Crippen molar-refractivity contribution in [1.82, 2.24) is 10.2 Å². The maximum Gasteiger partial charge on any atom is 0.247 e. The molecule has 0 radical (unpaired) electrons. The Bertz CT molecular complexity index is 527. The van der Waals surface area contributed by atoms with Gasteiger partial charge in [0.1, 0.15) is 5.88 Å². The highest BCUT2D eigenvalue weighted by molar-refractivity contribution is 6.16. The lowest BCUT2D eigenvalue weighted by Gasteiger charge is -1.97. The molecule has 82 valence electrons. The summed E-state index contributed by atoms with van der Waals surface area (Å²) < 4.78 is 15.8. The summed E-state index contributed by atoms with van der Waals surface area (Å²) >= 11 is 5.58. The predicted molar refractivity (Wildman–Crippen MR) is 55.4 cm³/mol. The molecule has 0 saturated heterocycles. The minimum Gasteiger partial charge on any atom is -0.454 e. The number of aromatic nitrogens is 2. The second kappa shape index (κ2) is 3.68. The molecule has 5 nitrogen and oxygen atoms in total. The Labute approximate surface area is 95.9 Å². The van der Waals surface area contributed by atoms with Crippen molar-refractivity contribution in [1.29, 1.82) is 0 Å². The molecular weight excluding hydrogens is 232 g/mol. The van der Waals surface area contributed by atoms with Crippen LogP contribution in [0.2, 0.25) is 0 Å². The van der Waals surface area contributed by atoms with Crippen LogP contribution in [0.3, 0.4) is 0 Å². The zero-order chi connectivity index (χ0) is 11.0. The lowest BCUT2D eigenvalue weighted by Crippen LogP contribution is -1.92. The molecule has 0 unspecified atom stereocenters. The number of rotatable bonds is 2. The molecule has 2 heterocycles. The zero-order valence-electron chi connectivity index (χ0n) is 8.14. The summed E-state index contributed by atoms with van der Waals surface area (Å²) in [6, 6.07) is 5.44. The van der Waals surface area contributed by atoms with E-state index >= 15 is 0 Å². The molecule has 3 rings (SSSR count). The quantitative estimate of drug-likeness (QED) is 0.751. The summed E-state index contributed by atoms with van der Waals surface area (Å²) in [6.07, 6.45) is 0. The minimum atomic E-state index is 0.206. The molecule has 0 bridgehead atoms. The van der Waals surface area contributed by atoms with E-state index in [1.54, 1.807) is 6.07 Å². The molecule has 0 aliphatic carbocycles. The number of fused-ring (bicyclic) bond motifs is 1. The highest BCUT2D eigenvalue weighted by Crippen LogP contribution is 2.35. The normalized spacial score (nSPS) is 13.1. The van der Waals surface area contributed by atoms with Crippen molar-refractivity contribution < 1.29 is 13.9 Å². The summed E-state index contributed by atoms with van der Waals surface area (Å²) in [6.45, 7) is 0.246. The topological polar surface area (TPSA) is 57.4 Å². The second-order valence-corrected chi connectivity index (χ2v) is 3.47. The number of benzene rings is 1. The molecule has 16 heavy (non-hydrogen) atoms. The van der Waals surface area contributed by atoms with Crippen LogP contribution in [0.4, 0.5) is 0 Å². The molecule has 0 N–H and O–H groups in total. The van der Waals surface area contributed by atoms with Crippen LogP contribution in [-0.2, 0) is 5.88 Å². The van der Waals surface area contributed by atoms with Crippen molar-refractivity contribution in [2.45, 2.75) is 5.88 Å². The van der Waals surface area contributed by atoms with Crippen LogP contribution in [-0.4, -0.2) is 17.0 Å². The molecule has 6 heteroatoms. The molecule has 0 saturated carbocycles. The molecule has 0 atom stereocenters. The van der Waals surface area contributed by atoms with E-state index in [0.29, 0.717) is 17.5 Å². The van der Waals surface area contributed by atoms with E-state index in [4.69, 9.17) is 25.5 Å². The van der Waals surface area contributed by atoms with Crippen molar-refractivity contribution in [3.63, 3.8) is 0 Å². The fourth-order valence-electron chi connectivity index (χ4n) is 1.45. The van der Waals surface area contributed by atoms with Crippen LogP contribution in [0.1, 0.15) is 5.89 Å². The van der Waals surface area contributed by atoms with Gasteiger partial charge in [0.25, 0.3) is 0 Å². The first-order valence-corrected chi connectivity index (χ1v) is 5.18. The van der Waals surface area contributed by atoms with Crippen molar-refractivity contribution in [2.24, 2.45) is 0 Å². The molecule has 1 aliphatic rings. The maximum absolute atomic E-state index is 5.58. The first kappa shape index (κ1) is 9.47. The van der Waals surface area contributed by atoms with Crippen LogP contribution in [0.5, 0.6) is 11.5 Å². The van der Waals surface area contributed by atoms with E-state index in [2.05, 4.69) is 10.2 Å². The van der Waals surface area contributed by atoms with E-state index in [9.17, 15) is 0 Å². The second-order valence-electron chi connectivity index (χ2n) is 3.20. The van der Waals surface area contributed by atoms with Gasteiger partial charge in [-0.05, 0) is 18.2 Å². The number of hydrogen-bond acceptors (Lipinski definition) is 5. The third kappa shape index (κ3) is 1.49. The first-order valence-electron chi connectivity index (χ1n) is 4.65. The summed E-state index contributed by atoms with van der Waals surface area (Å²) in [5.74, 6) is 2.43. The highest BCUT2D eigenvalue weighted by Gasteiger charge is 2.16. The smallest absolute Gasteiger partial charge is 0.247 e. The van der Waals surface area contributed by atoms with Crippen LogP contribution in [0, 0.1) is 0 Å². The summed E-state index contributed by atoms with van der Waals surface area (Å²) in [5, 5.41) is 7.67. The van der Waals surface area contributed by atoms with E-state index in [1.807, 2.05) is 12.1 Å². The van der Waals surface area contributed by atoms with Crippen molar-refractivity contribution >= 4 is 11.6 Å². The Balaban J connectivity index is 2.00. The van der Waals surface area contributed by atoms with Crippen LogP contribution in [0.15, 0.2) is 22.6 Å². The molecule has 0 amide bonds. The molecule has 0 spiro atoms. The lowest BCUT2D eigenvalue weighted by atomic mass is 10.2. The van der Waals surface area contributed by atoms with Gasteiger partial charge in [-0.25, -0.2) is 0 Å². The Morgan fingerprint density at radius 3 is 2.88 bits per heavy atom. The van der Waals surface area contributed by atoms with Gasteiger partial charge in [0.15, 0.2) is 11.5 Å². The molecule has 1 aromatic carbocycles. The standard InChI is InChI=1S/C10H7ClN2O3/c11-4-9-12-13-10(16-9)6-1-2-7-8(3-6)15-5-14-7/h1-3H,4-5H2. The Morgan fingerprint density at radius 2 is 2.06 bits per heavy atom.